The first-order valence-corrected chi connectivity index (χ1v) is 9.26. The Labute approximate surface area is 165 Å². The molecular formula is C20H18FN3O3S. The molecule has 0 saturated heterocycles. The second-order valence-corrected chi connectivity index (χ2v) is 6.97. The van der Waals surface area contributed by atoms with Crippen molar-refractivity contribution in [3.63, 3.8) is 0 Å². The van der Waals surface area contributed by atoms with Crippen molar-refractivity contribution in [2.24, 2.45) is 0 Å². The number of esters is 1. The summed E-state index contributed by atoms with van der Waals surface area (Å²) in [6.07, 6.45) is 0. The van der Waals surface area contributed by atoms with Crippen LogP contribution in [0.4, 0.5) is 15.2 Å². The number of aromatic nitrogens is 1. The summed E-state index contributed by atoms with van der Waals surface area (Å²) in [5.74, 6) is -1.40. The number of rotatable bonds is 6. The van der Waals surface area contributed by atoms with Gasteiger partial charge in [-0.3, -0.25) is 10.1 Å². The molecule has 0 spiro atoms. The molecule has 0 atom stereocenters. The molecule has 0 radical (unpaired) electrons. The topological polar surface area (TPSA) is 71.5 Å². The van der Waals surface area contributed by atoms with E-state index in [1.54, 1.807) is 35.7 Å². The van der Waals surface area contributed by atoms with Gasteiger partial charge in [0.1, 0.15) is 5.82 Å². The second kappa shape index (κ2) is 8.62. The molecule has 3 aromatic rings. The molecule has 0 aliphatic rings. The van der Waals surface area contributed by atoms with E-state index < -0.39 is 18.5 Å². The first-order chi connectivity index (χ1) is 13.4. The van der Waals surface area contributed by atoms with Crippen molar-refractivity contribution in [1.82, 2.24) is 4.98 Å². The van der Waals surface area contributed by atoms with Crippen LogP contribution >= 0.6 is 11.3 Å². The summed E-state index contributed by atoms with van der Waals surface area (Å²) in [4.78, 5) is 30.3. The average molecular weight is 399 g/mol. The number of carbonyl (C=O) groups excluding carboxylic acids is 2. The normalized spacial score (nSPS) is 10.4. The van der Waals surface area contributed by atoms with Gasteiger partial charge in [0.25, 0.3) is 5.91 Å². The lowest BCUT2D eigenvalue weighted by molar-refractivity contribution is -0.119. The minimum Gasteiger partial charge on any atom is -0.452 e. The maximum atomic E-state index is 13.0. The first-order valence-electron chi connectivity index (χ1n) is 8.38. The zero-order valence-corrected chi connectivity index (χ0v) is 16.1. The van der Waals surface area contributed by atoms with E-state index in [1.165, 1.54) is 23.5 Å². The number of ether oxygens (including phenoxy) is 1. The molecule has 1 aromatic heterocycles. The van der Waals surface area contributed by atoms with Crippen LogP contribution in [0.1, 0.15) is 10.4 Å². The van der Waals surface area contributed by atoms with Crippen molar-refractivity contribution in [3.8, 4) is 11.3 Å². The molecule has 0 aliphatic carbocycles. The van der Waals surface area contributed by atoms with Crippen LogP contribution in [0.15, 0.2) is 53.9 Å². The smallest absolute Gasteiger partial charge is 0.338 e. The fourth-order valence-electron chi connectivity index (χ4n) is 2.37. The number of thiazole rings is 1. The van der Waals surface area contributed by atoms with E-state index in [0.29, 0.717) is 16.4 Å². The Bertz CT molecular complexity index is 986. The van der Waals surface area contributed by atoms with Crippen LogP contribution in [0.2, 0.25) is 0 Å². The molecule has 0 saturated carbocycles. The fraction of sp³-hybridized carbons (Fsp3) is 0.150. The summed E-state index contributed by atoms with van der Waals surface area (Å²) in [5, 5.41) is 4.71. The highest BCUT2D eigenvalue weighted by Gasteiger charge is 2.13. The lowest BCUT2D eigenvalue weighted by Crippen LogP contribution is -2.21. The number of carbonyl (C=O) groups is 2. The average Bonchev–Trinajstić information content (AvgIpc) is 3.15. The summed E-state index contributed by atoms with van der Waals surface area (Å²) in [6.45, 7) is -0.420. The molecule has 2 aromatic carbocycles. The van der Waals surface area contributed by atoms with Crippen molar-refractivity contribution in [2.45, 2.75) is 0 Å². The summed E-state index contributed by atoms with van der Waals surface area (Å²) >= 11 is 1.23. The Morgan fingerprint density at radius 1 is 1.18 bits per heavy atom. The lowest BCUT2D eigenvalue weighted by Gasteiger charge is -2.13. The van der Waals surface area contributed by atoms with Crippen molar-refractivity contribution in [1.29, 1.82) is 0 Å². The summed E-state index contributed by atoms with van der Waals surface area (Å²) in [7, 11) is 3.73. The molecule has 0 fully saturated rings. The van der Waals surface area contributed by atoms with Gasteiger partial charge >= 0.3 is 5.97 Å². The van der Waals surface area contributed by atoms with E-state index in [1.807, 2.05) is 25.1 Å². The third-order valence-corrected chi connectivity index (χ3v) is 4.58. The second-order valence-electron chi connectivity index (χ2n) is 6.11. The van der Waals surface area contributed by atoms with Crippen LogP contribution in [-0.2, 0) is 9.53 Å². The standard InChI is InChI=1S/C20H18FN3O3S/c1-24(2)16-5-3-4-14(10-16)19(26)27-11-18(25)23-20-22-17(12-28-20)13-6-8-15(21)9-7-13/h3-10,12H,11H2,1-2H3,(H,22,23,25). The van der Waals surface area contributed by atoms with Gasteiger partial charge in [-0.1, -0.05) is 6.07 Å². The van der Waals surface area contributed by atoms with Gasteiger partial charge in [0.2, 0.25) is 0 Å². The molecule has 0 aliphatic heterocycles. The Hall–Kier alpha value is -3.26. The first kappa shape index (κ1) is 19.5. The Morgan fingerprint density at radius 2 is 1.93 bits per heavy atom. The van der Waals surface area contributed by atoms with Crippen molar-refractivity contribution < 1.29 is 18.7 Å². The van der Waals surface area contributed by atoms with Gasteiger partial charge in [0.15, 0.2) is 11.7 Å². The van der Waals surface area contributed by atoms with Crippen molar-refractivity contribution in [3.05, 3.63) is 65.3 Å². The third-order valence-electron chi connectivity index (χ3n) is 3.82. The molecule has 3 rings (SSSR count). The van der Waals surface area contributed by atoms with E-state index in [9.17, 15) is 14.0 Å². The monoisotopic (exact) mass is 399 g/mol. The minimum absolute atomic E-state index is 0.328. The third kappa shape index (κ3) is 4.92. The molecule has 28 heavy (non-hydrogen) atoms. The van der Waals surface area contributed by atoms with Gasteiger partial charge in [0.05, 0.1) is 11.3 Å². The summed E-state index contributed by atoms with van der Waals surface area (Å²) in [6, 6.07) is 12.8. The van der Waals surface area contributed by atoms with Crippen LogP contribution < -0.4 is 10.2 Å². The van der Waals surface area contributed by atoms with Crippen LogP contribution in [0, 0.1) is 5.82 Å². The number of hydrogen-bond acceptors (Lipinski definition) is 6. The van der Waals surface area contributed by atoms with E-state index in [4.69, 9.17) is 4.74 Å². The number of anilines is 2. The highest BCUT2D eigenvalue weighted by atomic mass is 32.1. The van der Waals surface area contributed by atoms with Crippen LogP contribution in [0.5, 0.6) is 0 Å². The molecule has 0 unspecified atom stereocenters. The largest absolute Gasteiger partial charge is 0.452 e. The maximum Gasteiger partial charge on any atom is 0.338 e. The zero-order chi connectivity index (χ0) is 20.1. The molecular weight excluding hydrogens is 381 g/mol. The highest BCUT2D eigenvalue weighted by Crippen LogP contribution is 2.25. The van der Waals surface area contributed by atoms with E-state index in [2.05, 4.69) is 10.3 Å². The molecule has 1 heterocycles. The number of halogens is 1. The van der Waals surface area contributed by atoms with E-state index in [0.717, 1.165) is 11.3 Å². The van der Waals surface area contributed by atoms with Gasteiger partial charge in [-0.25, -0.2) is 14.2 Å². The van der Waals surface area contributed by atoms with Gasteiger partial charge in [-0.05, 0) is 42.5 Å². The van der Waals surface area contributed by atoms with Crippen LogP contribution in [0.25, 0.3) is 11.3 Å². The molecule has 0 bridgehead atoms. The number of nitrogens with zero attached hydrogens (tertiary/aromatic N) is 2. The number of benzene rings is 2. The quantitative estimate of drug-likeness (QED) is 0.638. The Balaban J connectivity index is 1.55. The molecule has 1 N–H and O–H groups in total. The van der Waals surface area contributed by atoms with Crippen LogP contribution in [-0.4, -0.2) is 37.6 Å². The summed E-state index contributed by atoms with van der Waals surface area (Å²) in [5.41, 5.74) is 2.59. The van der Waals surface area contributed by atoms with Gasteiger partial charge in [-0.2, -0.15) is 0 Å². The Kier molecular flexibility index (Phi) is 6.00. The molecule has 1 amide bonds. The molecule has 144 valence electrons. The molecule has 6 nitrogen and oxygen atoms in total. The van der Waals surface area contributed by atoms with E-state index in [-0.39, 0.29) is 5.82 Å². The number of nitrogens with one attached hydrogen (secondary N) is 1. The summed E-state index contributed by atoms with van der Waals surface area (Å²) < 4.78 is 18.1. The van der Waals surface area contributed by atoms with Gasteiger partial charge in [0, 0.05) is 30.7 Å². The fourth-order valence-corrected chi connectivity index (χ4v) is 3.10. The highest BCUT2D eigenvalue weighted by molar-refractivity contribution is 7.14. The van der Waals surface area contributed by atoms with Gasteiger partial charge in [-0.15, -0.1) is 11.3 Å². The minimum atomic E-state index is -0.579. The number of hydrogen-bond donors (Lipinski definition) is 1. The number of amides is 1. The van der Waals surface area contributed by atoms with Crippen molar-refractivity contribution >= 4 is 34.0 Å². The Morgan fingerprint density at radius 3 is 2.64 bits per heavy atom. The maximum absolute atomic E-state index is 13.0. The van der Waals surface area contributed by atoms with Crippen molar-refractivity contribution in [2.75, 3.05) is 30.9 Å². The van der Waals surface area contributed by atoms with Crippen LogP contribution in [0.3, 0.4) is 0 Å². The predicted octanol–water partition coefficient (Wildman–Crippen LogP) is 3.81. The molecule has 8 heteroatoms. The predicted molar refractivity (Wildman–Crippen MR) is 107 cm³/mol. The van der Waals surface area contributed by atoms with Gasteiger partial charge < -0.3 is 9.64 Å². The van der Waals surface area contributed by atoms with E-state index >= 15 is 0 Å². The lowest BCUT2D eigenvalue weighted by atomic mass is 10.2. The zero-order valence-electron chi connectivity index (χ0n) is 15.3. The SMILES string of the molecule is CN(C)c1cccc(C(=O)OCC(=O)Nc2nc(-c3ccc(F)cc3)cs2)c1.